The Morgan fingerprint density at radius 1 is 1.05 bits per heavy atom. The summed E-state index contributed by atoms with van der Waals surface area (Å²) >= 11 is 0. The number of esters is 1. The first-order chi connectivity index (χ1) is 9.74. The zero-order valence-corrected chi connectivity index (χ0v) is 10.6. The molecule has 4 heteroatoms. The van der Waals surface area contributed by atoms with Crippen molar-refractivity contribution in [1.82, 2.24) is 0 Å². The third-order valence-corrected chi connectivity index (χ3v) is 3.19. The van der Waals surface area contributed by atoms with Crippen molar-refractivity contribution in [3.8, 4) is 0 Å². The van der Waals surface area contributed by atoms with Crippen molar-refractivity contribution in [2.75, 3.05) is 6.54 Å². The molecule has 3 nitrogen and oxygen atoms in total. The number of carbonyl (C=O) groups excluding carboxylic acids is 1. The van der Waals surface area contributed by atoms with Crippen molar-refractivity contribution >= 4 is 11.9 Å². The molecule has 0 N–H and O–H groups in total. The van der Waals surface area contributed by atoms with Gasteiger partial charge >= 0.3 is 5.97 Å². The van der Waals surface area contributed by atoms with Crippen molar-refractivity contribution in [2.45, 2.75) is 5.92 Å². The Morgan fingerprint density at radius 3 is 2.40 bits per heavy atom. The number of carbonyl (C=O) groups is 1. The topological polar surface area (TPSA) is 38.7 Å². The molecule has 2 aromatic rings. The molecular formula is C16H12FNO2. The minimum Gasteiger partial charge on any atom is -0.407 e. The minimum atomic E-state index is -0.469. The van der Waals surface area contributed by atoms with Gasteiger partial charge in [-0.1, -0.05) is 30.3 Å². The number of cyclic esters (lactones) is 1. The lowest BCUT2D eigenvalue weighted by Gasteiger charge is -2.20. The summed E-state index contributed by atoms with van der Waals surface area (Å²) in [5, 5.41) is 0. The number of halogens is 1. The van der Waals surface area contributed by atoms with E-state index in [9.17, 15) is 9.18 Å². The Morgan fingerprint density at radius 2 is 1.75 bits per heavy atom. The maximum absolute atomic E-state index is 12.9. The van der Waals surface area contributed by atoms with Gasteiger partial charge in [-0.05, 0) is 29.8 Å². The third kappa shape index (κ3) is 2.45. The standard InChI is InChI=1S/C16H12FNO2/c17-13-8-6-11(7-9-13)14-10-18-15(20-16(14)19)12-4-2-1-3-5-12/h1-9,14H,10H2/t14-/m1/s1. The van der Waals surface area contributed by atoms with Crippen LogP contribution in [0.4, 0.5) is 4.39 Å². The molecule has 0 radical (unpaired) electrons. The molecule has 0 saturated carbocycles. The molecule has 20 heavy (non-hydrogen) atoms. The second-order valence-electron chi connectivity index (χ2n) is 4.54. The SMILES string of the molecule is O=C1OC(c2ccccc2)=NC[C@@H]1c1ccc(F)cc1. The van der Waals surface area contributed by atoms with Gasteiger partial charge < -0.3 is 4.74 Å². The lowest BCUT2D eigenvalue weighted by atomic mass is 9.98. The van der Waals surface area contributed by atoms with Crippen LogP contribution in [0.2, 0.25) is 0 Å². The van der Waals surface area contributed by atoms with E-state index < -0.39 is 5.92 Å². The van der Waals surface area contributed by atoms with E-state index in [1.54, 1.807) is 12.1 Å². The Bertz CT molecular complexity index is 650. The zero-order valence-electron chi connectivity index (χ0n) is 10.6. The number of ether oxygens (including phenoxy) is 1. The van der Waals surface area contributed by atoms with Gasteiger partial charge in [-0.2, -0.15) is 0 Å². The second kappa shape index (κ2) is 5.25. The summed E-state index contributed by atoms with van der Waals surface area (Å²) in [6, 6.07) is 15.1. The molecule has 1 atom stereocenters. The minimum absolute atomic E-state index is 0.314. The largest absolute Gasteiger partial charge is 0.407 e. The number of hydrogen-bond donors (Lipinski definition) is 0. The predicted molar refractivity (Wildman–Crippen MR) is 73.1 cm³/mol. The van der Waals surface area contributed by atoms with Crippen molar-refractivity contribution in [3.05, 3.63) is 71.5 Å². The molecule has 3 rings (SSSR count). The van der Waals surface area contributed by atoms with Crippen LogP contribution < -0.4 is 0 Å². The monoisotopic (exact) mass is 269 g/mol. The Labute approximate surface area is 115 Å². The van der Waals surface area contributed by atoms with Gasteiger partial charge in [-0.25, -0.2) is 9.38 Å². The zero-order chi connectivity index (χ0) is 13.9. The maximum atomic E-state index is 12.9. The fraction of sp³-hybridized carbons (Fsp3) is 0.125. The van der Waals surface area contributed by atoms with Crippen LogP contribution in [-0.2, 0) is 9.53 Å². The highest BCUT2D eigenvalue weighted by Gasteiger charge is 2.28. The first-order valence-corrected chi connectivity index (χ1v) is 6.31. The van der Waals surface area contributed by atoms with Crippen LogP contribution in [0.5, 0.6) is 0 Å². The molecule has 100 valence electrons. The van der Waals surface area contributed by atoms with Gasteiger partial charge in [0.15, 0.2) is 0 Å². The molecule has 2 aromatic carbocycles. The lowest BCUT2D eigenvalue weighted by molar-refractivity contribution is -0.137. The van der Waals surface area contributed by atoms with Gasteiger partial charge in [-0.3, -0.25) is 4.79 Å². The summed E-state index contributed by atoms with van der Waals surface area (Å²) in [5.74, 6) is -0.811. The summed E-state index contributed by atoms with van der Waals surface area (Å²) in [4.78, 5) is 16.4. The summed E-state index contributed by atoms with van der Waals surface area (Å²) in [7, 11) is 0. The highest BCUT2D eigenvalue weighted by molar-refractivity contribution is 6.03. The van der Waals surface area contributed by atoms with Crippen LogP contribution >= 0.6 is 0 Å². The van der Waals surface area contributed by atoms with Gasteiger partial charge in [0.1, 0.15) is 11.7 Å². The van der Waals surface area contributed by atoms with Gasteiger partial charge in [0, 0.05) is 5.56 Å². The molecule has 0 aromatic heterocycles. The third-order valence-electron chi connectivity index (χ3n) is 3.19. The fourth-order valence-electron chi connectivity index (χ4n) is 2.11. The number of rotatable bonds is 2. The van der Waals surface area contributed by atoms with Crippen LogP contribution in [0.3, 0.4) is 0 Å². The van der Waals surface area contributed by atoms with Crippen molar-refractivity contribution in [1.29, 1.82) is 0 Å². The average molecular weight is 269 g/mol. The van der Waals surface area contributed by atoms with Crippen molar-refractivity contribution in [2.24, 2.45) is 4.99 Å². The average Bonchev–Trinajstić information content (AvgIpc) is 2.49. The fourth-order valence-corrected chi connectivity index (χ4v) is 2.11. The molecule has 1 aliphatic heterocycles. The normalized spacial score (nSPS) is 18.4. The molecule has 0 spiro atoms. The van der Waals surface area contributed by atoms with E-state index in [0.717, 1.165) is 5.56 Å². The molecule has 0 aliphatic carbocycles. The van der Waals surface area contributed by atoms with E-state index in [0.29, 0.717) is 18.0 Å². The van der Waals surface area contributed by atoms with E-state index in [2.05, 4.69) is 4.99 Å². The van der Waals surface area contributed by atoms with Crippen LogP contribution in [0, 0.1) is 5.82 Å². The second-order valence-corrected chi connectivity index (χ2v) is 4.54. The smallest absolute Gasteiger partial charge is 0.322 e. The molecule has 1 heterocycles. The molecular weight excluding hydrogens is 257 g/mol. The van der Waals surface area contributed by atoms with Gasteiger partial charge in [0.05, 0.1) is 6.54 Å². The van der Waals surface area contributed by atoms with E-state index in [4.69, 9.17) is 4.74 Å². The first-order valence-electron chi connectivity index (χ1n) is 6.31. The number of aliphatic imine (C=N–C) groups is 1. The van der Waals surface area contributed by atoms with Gasteiger partial charge in [0.25, 0.3) is 0 Å². The quantitative estimate of drug-likeness (QED) is 0.786. The van der Waals surface area contributed by atoms with Crippen molar-refractivity contribution < 1.29 is 13.9 Å². The highest BCUT2D eigenvalue weighted by Crippen LogP contribution is 2.23. The van der Waals surface area contributed by atoms with Gasteiger partial charge in [0.2, 0.25) is 5.90 Å². The van der Waals surface area contributed by atoms with Crippen LogP contribution in [0.25, 0.3) is 0 Å². The molecule has 0 unspecified atom stereocenters. The Kier molecular flexibility index (Phi) is 3.29. The number of hydrogen-bond acceptors (Lipinski definition) is 3. The molecule has 0 saturated heterocycles. The highest BCUT2D eigenvalue weighted by atomic mass is 19.1. The predicted octanol–water partition coefficient (Wildman–Crippen LogP) is 2.91. The van der Waals surface area contributed by atoms with E-state index >= 15 is 0 Å². The van der Waals surface area contributed by atoms with Crippen molar-refractivity contribution in [3.63, 3.8) is 0 Å². The summed E-state index contributed by atoms with van der Waals surface area (Å²) < 4.78 is 18.2. The summed E-state index contributed by atoms with van der Waals surface area (Å²) in [6.07, 6.45) is 0. The number of nitrogens with zero attached hydrogens (tertiary/aromatic N) is 1. The maximum Gasteiger partial charge on any atom is 0.322 e. The Hall–Kier alpha value is -2.49. The molecule has 1 aliphatic rings. The van der Waals surface area contributed by atoms with Crippen LogP contribution in [-0.4, -0.2) is 18.4 Å². The molecule has 0 bridgehead atoms. The number of benzene rings is 2. The summed E-state index contributed by atoms with van der Waals surface area (Å²) in [6.45, 7) is 0.314. The molecule has 0 amide bonds. The van der Waals surface area contributed by atoms with Crippen LogP contribution in [0.1, 0.15) is 17.0 Å². The molecule has 0 fully saturated rings. The van der Waals surface area contributed by atoms with E-state index in [-0.39, 0.29) is 11.8 Å². The van der Waals surface area contributed by atoms with E-state index in [1.165, 1.54) is 12.1 Å². The lowest BCUT2D eigenvalue weighted by Crippen LogP contribution is -2.28. The van der Waals surface area contributed by atoms with E-state index in [1.807, 2.05) is 30.3 Å². The van der Waals surface area contributed by atoms with Crippen LogP contribution in [0.15, 0.2) is 59.6 Å². The summed E-state index contributed by atoms with van der Waals surface area (Å²) in [5.41, 5.74) is 1.49. The first kappa shape index (κ1) is 12.5. The Balaban J connectivity index is 1.84. The van der Waals surface area contributed by atoms with Gasteiger partial charge in [-0.15, -0.1) is 0 Å².